The zero-order valence-electron chi connectivity index (χ0n) is 18.6. The van der Waals surface area contributed by atoms with Gasteiger partial charge in [-0.1, -0.05) is 79.2 Å². The van der Waals surface area contributed by atoms with E-state index in [-0.39, 0.29) is 11.9 Å². The molecule has 3 rings (SSSR count). The molecule has 1 aromatic heterocycles. The number of methoxy groups -OCH3 is 1. The molecular formula is C24H29ClN2O2S2. The van der Waals surface area contributed by atoms with Crippen LogP contribution in [-0.4, -0.2) is 30.9 Å². The number of ether oxygens (including phenoxy) is 1. The Labute approximate surface area is 198 Å². The number of hydrogen-bond acceptors (Lipinski definition) is 6. The first-order chi connectivity index (χ1) is 15.0. The van der Waals surface area contributed by atoms with Crippen molar-refractivity contribution in [2.24, 2.45) is 5.92 Å². The number of carbonyl (C=O) groups excluding carboxylic acids is 1. The highest BCUT2D eigenvalue weighted by Gasteiger charge is 2.21. The molecule has 0 amide bonds. The third-order valence-corrected chi connectivity index (χ3v) is 7.11. The summed E-state index contributed by atoms with van der Waals surface area (Å²) in [6, 6.07) is 15.9. The molecule has 166 valence electrons. The third-order valence-electron chi connectivity index (χ3n) is 4.59. The number of anilines is 1. The van der Waals surface area contributed by atoms with E-state index >= 15 is 0 Å². The van der Waals surface area contributed by atoms with Crippen LogP contribution in [-0.2, 0) is 16.0 Å². The predicted molar refractivity (Wildman–Crippen MR) is 135 cm³/mol. The lowest BCUT2D eigenvalue weighted by atomic mass is 9.99. The van der Waals surface area contributed by atoms with E-state index in [2.05, 4.69) is 5.32 Å². The first-order valence-corrected chi connectivity index (χ1v) is 12.6. The summed E-state index contributed by atoms with van der Waals surface area (Å²) in [7, 11) is 1.43. The number of thioether (sulfide) groups is 1. The number of thiazole rings is 1. The van der Waals surface area contributed by atoms with Crippen molar-refractivity contribution in [2.45, 2.75) is 31.4 Å². The summed E-state index contributed by atoms with van der Waals surface area (Å²) >= 11 is 9.53. The van der Waals surface area contributed by atoms with Gasteiger partial charge in [0.05, 0.1) is 22.9 Å². The quantitative estimate of drug-likeness (QED) is 0.281. The SMILES string of the molecule is CC.COC(=O)C(CNc1nc(-c2ccc(C)c(Cl)c2)c(SC)s1)Cc1ccccc1. The first-order valence-electron chi connectivity index (χ1n) is 10.2. The van der Waals surface area contributed by atoms with Gasteiger partial charge < -0.3 is 10.1 Å². The Morgan fingerprint density at radius 3 is 2.55 bits per heavy atom. The van der Waals surface area contributed by atoms with Gasteiger partial charge in [-0.05, 0) is 36.8 Å². The monoisotopic (exact) mass is 476 g/mol. The Balaban J connectivity index is 0.00000166. The van der Waals surface area contributed by atoms with Crippen molar-refractivity contribution in [1.29, 1.82) is 0 Å². The van der Waals surface area contributed by atoms with Crippen molar-refractivity contribution in [3.63, 3.8) is 0 Å². The van der Waals surface area contributed by atoms with E-state index in [1.165, 1.54) is 7.11 Å². The summed E-state index contributed by atoms with van der Waals surface area (Å²) in [5, 5.41) is 4.84. The minimum absolute atomic E-state index is 0.228. The van der Waals surface area contributed by atoms with E-state index in [1.807, 2.05) is 75.6 Å². The molecule has 0 radical (unpaired) electrons. The molecule has 1 unspecified atom stereocenters. The van der Waals surface area contributed by atoms with Crippen LogP contribution >= 0.6 is 34.7 Å². The number of nitrogens with zero attached hydrogens (tertiary/aromatic N) is 1. The van der Waals surface area contributed by atoms with Gasteiger partial charge in [-0.2, -0.15) is 0 Å². The zero-order valence-corrected chi connectivity index (χ0v) is 21.0. The molecule has 1 heterocycles. The maximum absolute atomic E-state index is 12.3. The van der Waals surface area contributed by atoms with Gasteiger partial charge in [0.15, 0.2) is 5.13 Å². The number of esters is 1. The second kappa shape index (κ2) is 12.7. The maximum Gasteiger partial charge on any atom is 0.310 e. The molecule has 4 nitrogen and oxygen atoms in total. The van der Waals surface area contributed by atoms with E-state index in [0.29, 0.717) is 13.0 Å². The molecule has 7 heteroatoms. The zero-order chi connectivity index (χ0) is 22.8. The van der Waals surface area contributed by atoms with Gasteiger partial charge in [-0.3, -0.25) is 4.79 Å². The summed E-state index contributed by atoms with van der Waals surface area (Å²) in [5.41, 5.74) is 4.03. The lowest BCUT2D eigenvalue weighted by Crippen LogP contribution is -2.26. The van der Waals surface area contributed by atoms with Gasteiger partial charge in [0.1, 0.15) is 0 Å². The van der Waals surface area contributed by atoms with E-state index in [4.69, 9.17) is 21.3 Å². The van der Waals surface area contributed by atoms with Crippen LogP contribution < -0.4 is 5.32 Å². The number of hydrogen-bond donors (Lipinski definition) is 1. The summed E-state index contributed by atoms with van der Waals surface area (Å²) in [5.74, 6) is -0.519. The van der Waals surface area contributed by atoms with Gasteiger partial charge in [0.25, 0.3) is 0 Å². The van der Waals surface area contributed by atoms with Crippen molar-refractivity contribution in [2.75, 3.05) is 25.2 Å². The minimum atomic E-state index is -0.290. The molecule has 1 atom stereocenters. The van der Waals surface area contributed by atoms with Gasteiger partial charge in [-0.25, -0.2) is 4.98 Å². The van der Waals surface area contributed by atoms with Gasteiger partial charge in [-0.15, -0.1) is 11.8 Å². The van der Waals surface area contributed by atoms with Crippen molar-refractivity contribution in [3.8, 4) is 11.3 Å². The largest absolute Gasteiger partial charge is 0.469 e. The number of carbonyl (C=O) groups is 1. The number of aromatic nitrogens is 1. The smallest absolute Gasteiger partial charge is 0.310 e. The fraction of sp³-hybridized carbons (Fsp3) is 0.333. The highest BCUT2D eigenvalue weighted by molar-refractivity contribution is 8.00. The molecule has 2 aromatic carbocycles. The molecule has 0 aliphatic heterocycles. The Morgan fingerprint density at radius 2 is 1.94 bits per heavy atom. The third kappa shape index (κ3) is 6.99. The molecule has 0 saturated heterocycles. The highest BCUT2D eigenvalue weighted by Crippen LogP contribution is 2.38. The van der Waals surface area contributed by atoms with Crippen molar-refractivity contribution in [3.05, 3.63) is 64.7 Å². The average Bonchev–Trinajstić information content (AvgIpc) is 3.23. The van der Waals surface area contributed by atoms with E-state index < -0.39 is 0 Å². The van der Waals surface area contributed by atoms with Crippen LogP contribution in [0.2, 0.25) is 5.02 Å². The first kappa shape index (κ1) is 25.2. The molecule has 0 bridgehead atoms. The Hall–Kier alpha value is -2.02. The number of aryl methyl sites for hydroxylation is 1. The topological polar surface area (TPSA) is 51.2 Å². The van der Waals surface area contributed by atoms with Crippen LogP contribution in [0, 0.1) is 12.8 Å². The van der Waals surface area contributed by atoms with Crippen LogP contribution in [0.4, 0.5) is 5.13 Å². The number of benzene rings is 2. The maximum atomic E-state index is 12.3. The second-order valence-electron chi connectivity index (χ2n) is 6.61. The normalized spacial score (nSPS) is 11.3. The molecule has 3 aromatic rings. The molecule has 0 fully saturated rings. The van der Waals surface area contributed by atoms with Gasteiger partial charge in [0, 0.05) is 17.1 Å². The lowest BCUT2D eigenvalue weighted by molar-refractivity contribution is -0.144. The molecule has 1 N–H and O–H groups in total. The summed E-state index contributed by atoms with van der Waals surface area (Å²) < 4.78 is 6.10. The van der Waals surface area contributed by atoms with Crippen molar-refractivity contribution < 1.29 is 9.53 Å². The fourth-order valence-electron chi connectivity index (χ4n) is 2.96. The van der Waals surface area contributed by atoms with Crippen LogP contribution in [0.15, 0.2) is 52.7 Å². The van der Waals surface area contributed by atoms with Crippen molar-refractivity contribution in [1.82, 2.24) is 4.98 Å². The number of halogens is 1. The van der Waals surface area contributed by atoms with E-state index in [9.17, 15) is 4.79 Å². The lowest BCUT2D eigenvalue weighted by Gasteiger charge is -2.15. The Morgan fingerprint density at radius 1 is 1.23 bits per heavy atom. The summed E-state index contributed by atoms with van der Waals surface area (Å²) in [6.07, 6.45) is 2.64. The fourth-order valence-corrected chi connectivity index (χ4v) is 4.79. The Kier molecular flexibility index (Phi) is 10.4. The summed E-state index contributed by atoms with van der Waals surface area (Å²) in [4.78, 5) is 17.0. The van der Waals surface area contributed by atoms with Gasteiger partial charge >= 0.3 is 5.97 Å². The highest BCUT2D eigenvalue weighted by atomic mass is 35.5. The molecular weight excluding hydrogens is 448 g/mol. The summed E-state index contributed by atoms with van der Waals surface area (Å²) in [6.45, 7) is 6.44. The molecule has 31 heavy (non-hydrogen) atoms. The van der Waals surface area contributed by atoms with Crippen LogP contribution in [0.5, 0.6) is 0 Å². The van der Waals surface area contributed by atoms with E-state index in [1.54, 1.807) is 23.1 Å². The average molecular weight is 477 g/mol. The second-order valence-corrected chi connectivity index (χ2v) is 9.10. The molecule has 0 aliphatic rings. The predicted octanol–water partition coefficient (Wildman–Crippen LogP) is 6.96. The minimum Gasteiger partial charge on any atom is -0.469 e. The van der Waals surface area contributed by atoms with Crippen LogP contribution in [0.25, 0.3) is 11.3 Å². The number of rotatable bonds is 8. The standard InChI is InChI=1S/C22H23ClN2O2S2.C2H6/c1-14-9-10-16(12-18(14)23)19-21(28-3)29-22(25-19)24-13-17(20(26)27-2)11-15-7-5-4-6-8-15;1-2/h4-10,12,17H,11,13H2,1-3H3,(H,24,25);1-2H3. The van der Waals surface area contributed by atoms with Crippen molar-refractivity contribution >= 4 is 45.8 Å². The number of nitrogens with one attached hydrogen (secondary N) is 1. The molecule has 0 saturated carbocycles. The van der Waals surface area contributed by atoms with Crippen LogP contribution in [0.3, 0.4) is 0 Å². The van der Waals surface area contributed by atoms with Gasteiger partial charge in [0.2, 0.25) is 0 Å². The van der Waals surface area contributed by atoms with Crippen LogP contribution in [0.1, 0.15) is 25.0 Å². The van der Waals surface area contributed by atoms with E-state index in [0.717, 1.165) is 36.7 Å². The Bertz CT molecular complexity index is 977. The molecule has 0 spiro atoms. The molecule has 0 aliphatic carbocycles.